The molecule has 14 heavy (non-hydrogen) atoms. The van der Waals surface area contributed by atoms with Crippen molar-refractivity contribution < 1.29 is 4.74 Å². The van der Waals surface area contributed by atoms with Crippen LogP contribution >= 0.6 is 0 Å². The minimum Gasteiger partial charge on any atom is -0.381 e. The Morgan fingerprint density at radius 2 is 2.07 bits per heavy atom. The van der Waals surface area contributed by atoms with Crippen LogP contribution in [0, 0.1) is 11.3 Å². The highest BCUT2D eigenvalue weighted by Gasteiger charge is 2.22. The number of rotatable bonds is 4. The van der Waals surface area contributed by atoms with Gasteiger partial charge in [0.1, 0.15) is 0 Å². The third kappa shape index (κ3) is 3.28. The van der Waals surface area contributed by atoms with Crippen LogP contribution in [0.5, 0.6) is 0 Å². The monoisotopic (exact) mass is 196 g/mol. The largest absolute Gasteiger partial charge is 0.381 e. The third-order valence-electron chi connectivity index (χ3n) is 2.80. The lowest BCUT2D eigenvalue weighted by atomic mass is 10.1. The second-order valence-corrected chi connectivity index (χ2v) is 4.08. The van der Waals surface area contributed by atoms with Gasteiger partial charge in [0.25, 0.3) is 0 Å². The summed E-state index contributed by atoms with van der Waals surface area (Å²) in [6, 6.07) is 3.38. The zero-order chi connectivity index (χ0) is 10.4. The molecule has 1 fully saturated rings. The first-order chi connectivity index (χ1) is 6.75. The number of hydrogen-bond donors (Lipinski definition) is 0. The number of hydrogen-bond acceptors (Lipinski definition) is 3. The predicted octanol–water partition coefficient (Wildman–Crippen LogP) is 1.79. The first-order valence-corrected chi connectivity index (χ1v) is 5.46. The van der Waals surface area contributed by atoms with Crippen LogP contribution in [0.2, 0.25) is 0 Å². The maximum absolute atomic E-state index is 8.59. The van der Waals surface area contributed by atoms with E-state index in [9.17, 15) is 0 Å². The number of nitriles is 1. The van der Waals surface area contributed by atoms with Crippen molar-refractivity contribution in [2.24, 2.45) is 0 Å². The molecule has 0 aromatic heterocycles. The van der Waals surface area contributed by atoms with Crippen LogP contribution < -0.4 is 0 Å². The highest BCUT2D eigenvalue weighted by Crippen LogP contribution is 2.17. The Morgan fingerprint density at radius 3 is 2.57 bits per heavy atom. The maximum atomic E-state index is 8.59. The lowest BCUT2D eigenvalue weighted by Crippen LogP contribution is -2.44. The van der Waals surface area contributed by atoms with Crippen molar-refractivity contribution in [3.8, 4) is 6.07 Å². The van der Waals surface area contributed by atoms with Crippen molar-refractivity contribution in [2.75, 3.05) is 19.8 Å². The van der Waals surface area contributed by atoms with E-state index in [0.717, 1.165) is 32.6 Å². The molecule has 3 nitrogen and oxygen atoms in total. The maximum Gasteiger partial charge on any atom is 0.0635 e. The summed E-state index contributed by atoms with van der Waals surface area (Å²) < 4.78 is 5.34. The Hall–Kier alpha value is -0.590. The molecule has 1 rings (SSSR count). The molecule has 0 aliphatic carbocycles. The van der Waals surface area contributed by atoms with Crippen LogP contribution in [0.25, 0.3) is 0 Å². The summed E-state index contributed by atoms with van der Waals surface area (Å²) in [7, 11) is 0. The van der Waals surface area contributed by atoms with Gasteiger partial charge in [0.15, 0.2) is 0 Å². The molecule has 0 N–H and O–H groups in total. The van der Waals surface area contributed by atoms with Gasteiger partial charge in [0, 0.05) is 38.3 Å². The molecule has 0 atom stereocenters. The van der Waals surface area contributed by atoms with Gasteiger partial charge in [-0.05, 0) is 26.7 Å². The van der Waals surface area contributed by atoms with E-state index >= 15 is 0 Å². The summed E-state index contributed by atoms with van der Waals surface area (Å²) in [5.41, 5.74) is 0. The van der Waals surface area contributed by atoms with E-state index in [0.29, 0.717) is 18.5 Å². The lowest BCUT2D eigenvalue weighted by molar-refractivity contribution is 0.0234. The van der Waals surface area contributed by atoms with E-state index in [2.05, 4.69) is 24.8 Å². The summed E-state index contributed by atoms with van der Waals surface area (Å²) in [5.74, 6) is 0. The molecule has 0 unspecified atom stereocenters. The van der Waals surface area contributed by atoms with Gasteiger partial charge < -0.3 is 4.74 Å². The molecule has 3 heteroatoms. The Kier molecular flexibility index (Phi) is 4.92. The average molecular weight is 196 g/mol. The molecule has 0 saturated carbocycles. The van der Waals surface area contributed by atoms with E-state index in [1.165, 1.54) is 0 Å². The van der Waals surface area contributed by atoms with E-state index in [4.69, 9.17) is 10.00 Å². The Morgan fingerprint density at radius 1 is 1.43 bits per heavy atom. The molecule has 0 aromatic rings. The molecular weight excluding hydrogens is 176 g/mol. The van der Waals surface area contributed by atoms with Crippen molar-refractivity contribution >= 4 is 0 Å². The molecule has 0 spiro atoms. The molecule has 1 heterocycles. The van der Waals surface area contributed by atoms with Crippen molar-refractivity contribution in [3.05, 3.63) is 0 Å². The van der Waals surface area contributed by atoms with Crippen molar-refractivity contribution in [1.29, 1.82) is 5.26 Å². The zero-order valence-corrected chi connectivity index (χ0v) is 9.20. The average Bonchev–Trinajstić information content (AvgIpc) is 2.19. The second-order valence-electron chi connectivity index (χ2n) is 4.08. The second kappa shape index (κ2) is 6.00. The minimum absolute atomic E-state index is 0.534. The molecule has 80 valence electrons. The molecule has 0 amide bonds. The molecule has 1 aliphatic heterocycles. The highest BCUT2D eigenvalue weighted by atomic mass is 16.5. The SMILES string of the molecule is CC(C)N(CCC#N)C1CCOCC1. The normalized spacial score (nSPS) is 18.8. The van der Waals surface area contributed by atoms with Crippen LogP contribution in [-0.4, -0.2) is 36.7 Å². The molecule has 0 radical (unpaired) electrons. The predicted molar refractivity (Wildman–Crippen MR) is 55.9 cm³/mol. The Bertz CT molecular complexity index is 192. The van der Waals surface area contributed by atoms with Crippen LogP contribution in [0.3, 0.4) is 0 Å². The zero-order valence-electron chi connectivity index (χ0n) is 9.20. The van der Waals surface area contributed by atoms with Gasteiger partial charge in [-0.3, -0.25) is 4.90 Å². The summed E-state index contributed by atoms with van der Waals surface area (Å²) in [6.07, 6.45) is 2.86. The minimum atomic E-state index is 0.534. The fraction of sp³-hybridized carbons (Fsp3) is 0.909. The summed E-state index contributed by atoms with van der Waals surface area (Å²) >= 11 is 0. The first-order valence-electron chi connectivity index (χ1n) is 5.46. The Balaban J connectivity index is 2.43. The van der Waals surface area contributed by atoms with E-state index < -0.39 is 0 Å². The van der Waals surface area contributed by atoms with E-state index in [1.807, 2.05) is 0 Å². The van der Waals surface area contributed by atoms with E-state index in [1.54, 1.807) is 0 Å². The summed E-state index contributed by atoms with van der Waals surface area (Å²) in [5, 5.41) is 8.59. The fourth-order valence-electron chi connectivity index (χ4n) is 2.06. The topological polar surface area (TPSA) is 36.3 Å². The van der Waals surface area contributed by atoms with E-state index in [-0.39, 0.29) is 0 Å². The van der Waals surface area contributed by atoms with Gasteiger partial charge in [-0.1, -0.05) is 0 Å². The molecule has 0 aromatic carbocycles. The molecule has 1 aliphatic rings. The lowest BCUT2D eigenvalue weighted by Gasteiger charge is -2.36. The van der Waals surface area contributed by atoms with Gasteiger partial charge in [-0.25, -0.2) is 0 Å². The van der Waals surface area contributed by atoms with Crippen molar-refractivity contribution in [2.45, 2.75) is 45.2 Å². The van der Waals surface area contributed by atoms with Gasteiger partial charge in [0.2, 0.25) is 0 Å². The third-order valence-corrected chi connectivity index (χ3v) is 2.80. The first kappa shape index (κ1) is 11.5. The van der Waals surface area contributed by atoms with Gasteiger partial charge >= 0.3 is 0 Å². The Labute approximate surface area is 86.6 Å². The summed E-state index contributed by atoms with van der Waals surface area (Å²) in [4.78, 5) is 2.44. The van der Waals surface area contributed by atoms with Gasteiger partial charge in [-0.2, -0.15) is 5.26 Å². The fourth-order valence-corrected chi connectivity index (χ4v) is 2.06. The summed E-state index contributed by atoms with van der Waals surface area (Å²) in [6.45, 7) is 7.05. The van der Waals surface area contributed by atoms with Crippen LogP contribution in [0.4, 0.5) is 0 Å². The molecular formula is C11H20N2O. The number of nitrogens with zero attached hydrogens (tertiary/aromatic N) is 2. The quantitative estimate of drug-likeness (QED) is 0.687. The smallest absolute Gasteiger partial charge is 0.0635 e. The van der Waals surface area contributed by atoms with Crippen molar-refractivity contribution in [1.82, 2.24) is 4.90 Å². The highest BCUT2D eigenvalue weighted by molar-refractivity contribution is 4.80. The van der Waals surface area contributed by atoms with Crippen LogP contribution in [-0.2, 0) is 4.74 Å². The van der Waals surface area contributed by atoms with Crippen molar-refractivity contribution in [3.63, 3.8) is 0 Å². The molecule has 1 saturated heterocycles. The van der Waals surface area contributed by atoms with Gasteiger partial charge in [0.05, 0.1) is 6.07 Å². The standard InChI is InChI=1S/C11H20N2O/c1-10(2)13(7-3-6-12)11-4-8-14-9-5-11/h10-11H,3-5,7-9H2,1-2H3. The van der Waals surface area contributed by atoms with Crippen LogP contribution in [0.1, 0.15) is 33.1 Å². The number of ether oxygens (including phenoxy) is 1. The van der Waals surface area contributed by atoms with Gasteiger partial charge in [-0.15, -0.1) is 0 Å². The molecule has 0 bridgehead atoms. The van der Waals surface area contributed by atoms with Crippen LogP contribution in [0.15, 0.2) is 0 Å².